The molecule has 0 fully saturated rings. The molecule has 10 nitrogen and oxygen atoms in total. The van der Waals surface area contributed by atoms with Gasteiger partial charge in [-0.2, -0.15) is 13.2 Å². The van der Waals surface area contributed by atoms with Gasteiger partial charge in [-0.05, 0) is 18.2 Å². The second-order valence-corrected chi connectivity index (χ2v) is 5.60. The molecule has 0 unspecified atom stereocenters. The molecular weight excluding hydrogens is 399 g/mol. The first-order chi connectivity index (χ1) is 13.6. The topological polar surface area (TPSA) is 153 Å². The van der Waals surface area contributed by atoms with E-state index in [1.165, 1.54) is 0 Å². The standard InChI is InChI=1S/C16H10F3N5O5/c17-16(18,19)7-2-1-3-8(4-7)24-13(27)9(11(25)23-15(24)29)5-20-10-6-21-14(28)22-12(10)26/h1-6,27H,(H,23,25,29)(H2,21,22,26,28). The Balaban J connectivity index is 2.16. The van der Waals surface area contributed by atoms with E-state index < -0.39 is 45.7 Å². The predicted molar refractivity (Wildman–Crippen MR) is 94.3 cm³/mol. The second kappa shape index (κ2) is 7.10. The molecule has 0 amide bonds. The highest BCUT2D eigenvalue weighted by atomic mass is 19.4. The van der Waals surface area contributed by atoms with Crippen LogP contribution in [-0.2, 0) is 6.18 Å². The molecule has 0 atom stereocenters. The maximum atomic E-state index is 12.9. The van der Waals surface area contributed by atoms with Gasteiger partial charge in [0.05, 0.1) is 11.3 Å². The van der Waals surface area contributed by atoms with Crippen LogP contribution in [0.15, 0.2) is 54.6 Å². The molecule has 3 rings (SSSR count). The van der Waals surface area contributed by atoms with Gasteiger partial charge in [0, 0.05) is 12.4 Å². The van der Waals surface area contributed by atoms with E-state index >= 15 is 0 Å². The Morgan fingerprint density at radius 1 is 1.07 bits per heavy atom. The van der Waals surface area contributed by atoms with E-state index in [1.54, 1.807) is 0 Å². The van der Waals surface area contributed by atoms with Crippen LogP contribution in [0.4, 0.5) is 18.9 Å². The number of aliphatic imine (C=N–C) groups is 1. The highest BCUT2D eigenvalue weighted by Crippen LogP contribution is 2.30. The van der Waals surface area contributed by atoms with Gasteiger partial charge in [0.25, 0.3) is 11.1 Å². The highest BCUT2D eigenvalue weighted by molar-refractivity contribution is 5.84. The third kappa shape index (κ3) is 3.92. The van der Waals surface area contributed by atoms with Crippen LogP contribution in [0.5, 0.6) is 5.88 Å². The lowest BCUT2D eigenvalue weighted by Gasteiger charge is -2.12. The fourth-order valence-corrected chi connectivity index (χ4v) is 2.35. The van der Waals surface area contributed by atoms with Crippen LogP contribution >= 0.6 is 0 Å². The minimum Gasteiger partial charge on any atom is -0.493 e. The zero-order chi connectivity index (χ0) is 21.3. The Kier molecular flexibility index (Phi) is 4.80. The minimum atomic E-state index is -4.70. The average molecular weight is 409 g/mol. The zero-order valence-corrected chi connectivity index (χ0v) is 14.1. The van der Waals surface area contributed by atoms with E-state index in [1.807, 2.05) is 9.97 Å². The molecular formula is C16H10F3N5O5. The molecule has 0 aliphatic carbocycles. The summed E-state index contributed by atoms with van der Waals surface area (Å²) in [4.78, 5) is 56.2. The van der Waals surface area contributed by atoms with Crippen molar-refractivity contribution >= 4 is 11.9 Å². The monoisotopic (exact) mass is 409 g/mol. The summed E-state index contributed by atoms with van der Waals surface area (Å²) in [6.07, 6.45) is -3.04. The molecule has 3 aromatic rings. The highest BCUT2D eigenvalue weighted by Gasteiger charge is 2.31. The van der Waals surface area contributed by atoms with Crippen LogP contribution in [0, 0.1) is 0 Å². The Morgan fingerprint density at radius 2 is 1.79 bits per heavy atom. The van der Waals surface area contributed by atoms with E-state index in [-0.39, 0.29) is 11.4 Å². The first kappa shape index (κ1) is 19.6. The van der Waals surface area contributed by atoms with E-state index in [2.05, 4.69) is 9.98 Å². The molecule has 0 aliphatic heterocycles. The molecule has 0 saturated heterocycles. The third-order valence-corrected chi connectivity index (χ3v) is 3.68. The van der Waals surface area contributed by atoms with Crippen molar-refractivity contribution < 1.29 is 18.3 Å². The van der Waals surface area contributed by atoms with Gasteiger partial charge in [-0.25, -0.2) is 19.1 Å². The number of hydrogen-bond donors (Lipinski definition) is 4. The second-order valence-electron chi connectivity index (χ2n) is 5.60. The van der Waals surface area contributed by atoms with Crippen molar-refractivity contribution in [1.82, 2.24) is 19.5 Å². The van der Waals surface area contributed by atoms with Crippen LogP contribution in [0.2, 0.25) is 0 Å². The summed E-state index contributed by atoms with van der Waals surface area (Å²) in [5, 5.41) is 10.3. The number of aromatic nitrogens is 4. The van der Waals surface area contributed by atoms with Crippen LogP contribution in [0.25, 0.3) is 5.69 Å². The van der Waals surface area contributed by atoms with Gasteiger partial charge in [-0.3, -0.25) is 19.6 Å². The number of hydrogen-bond acceptors (Lipinski definition) is 6. The van der Waals surface area contributed by atoms with Gasteiger partial charge in [0.2, 0.25) is 5.88 Å². The molecule has 2 heterocycles. The Bertz CT molecular complexity index is 1350. The van der Waals surface area contributed by atoms with E-state index in [9.17, 15) is 37.5 Å². The normalized spacial score (nSPS) is 11.8. The van der Waals surface area contributed by atoms with Crippen molar-refractivity contribution in [2.24, 2.45) is 4.99 Å². The molecule has 4 N–H and O–H groups in total. The van der Waals surface area contributed by atoms with Crippen LogP contribution < -0.4 is 22.5 Å². The summed E-state index contributed by atoms with van der Waals surface area (Å²) >= 11 is 0. The van der Waals surface area contributed by atoms with Gasteiger partial charge in [0.15, 0.2) is 0 Å². The number of aromatic amines is 3. The molecule has 2 aromatic heterocycles. The summed E-state index contributed by atoms with van der Waals surface area (Å²) in [5.41, 5.74) is -6.36. The first-order valence-corrected chi connectivity index (χ1v) is 7.70. The number of alkyl halides is 3. The summed E-state index contributed by atoms with van der Waals surface area (Å²) < 4.78 is 39.2. The lowest BCUT2D eigenvalue weighted by Crippen LogP contribution is -2.31. The lowest BCUT2D eigenvalue weighted by atomic mass is 10.2. The molecule has 150 valence electrons. The molecule has 0 saturated carbocycles. The zero-order valence-electron chi connectivity index (χ0n) is 14.1. The van der Waals surface area contributed by atoms with E-state index in [0.717, 1.165) is 30.6 Å². The summed E-state index contributed by atoms with van der Waals surface area (Å²) in [6, 6.07) is 3.50. The summed E-state index contributed by atoms with van der Waals surface area (Å²) in [6.45, 7) is 0. The predicted octanol–water partition coefficient (Wildman–Crippen LogP) is 0.377. The lowest BCUT2D eigenvalue weighted by molar-refractivity contribution is -0.137. The fourth-order valence-electron chi connectivity index (χ4n) is 2.35. The summed E-state index contributed by atoms with van der Waals surface area (Å²) in [7, 11) is 0. The van der Waals surface area contributed by atoms with Crippen molar-refractivity contribution in [3.8, 4) is 11.6 Å². The number of benzene rings is 1. The van der Waals surface area contributed by atoms with Crippen LogP contribution in [-0.4, -0.2) is 30.8 Å². The SMILES string of the molecule is O=c1[nH]cc(N=Cc2c(O)n(-c3cccc(C(F)(F)F)c3)c(=O)[nH]c2=O)c(=O)[nH]1. The smallest absolute Gasteiger partial charge is 0.416 e. The largest absolute Gasteiger partial charge is 0.493 e. The van der Waals surface area contributed by atoms with Crippen molar-refractivity contribution in [3.63, 3.8) is 0 Å². The fraction of sp³-hybridized carbons (Fsp3) is 0.0625. The quantitative estimate of drug-likeness (QED) is 0.461. The molecule has 29 heavy (non-hydrogen) atoms. The van der Waals surface area contributed by atoms with Crippen LogP contribution in [0.1, 0.15) is 11.1 Å². The van der Waals surface area contributed by atoms with Crippen molar-refractivity contribution in [2.45, 2.75) is 6.18 Å². The first-order valence-electron chi connectivity index (χ1n) is 7.70. The third-order valence-electron chi connectivity index (χ3n) is 3.68. The number of aromatic hydroxyl groups is 1. The molecule has 1 aromatic carbocycles. The number of nitrogens with zero attached hydrogens (tertiary/aromatic N) is 2. The molecule has 0 radical (unpaired) electrons. The van der Waals surface area contributed by atoms with Crippen molar-refractivity contribution in [3.05, 3.63) is 83.3 Å². The van der Waals surface area contributed by atoms with E-state index in [0.29, 0.717) is 10.6 Å². The Labute approximate surface area is 156 Å². The van der Waals surface area contributed by atoms with Gasteiger partial charge in [-0.15, -0.1) is 0 Å². The van der Waals surface area contributed by atoms with Gasteiger partial charge in [0.1, 0.15) is 11.3 Å². The van der Waals surface area contributed by atoms with E-state index in [4.69, 9.17) is 0 Å². The molecule has 0 spiro atoms. The maximum absolute atomic E-state index is 12.9. The molecule has 0 aliphatic rings. The van der Waals surface area contributed by atoms with Crippen molar-refractivity contribution in [2.75, 3.05) is 0 Å². The number of nitrogens with one attached hydrogen (secondary N) is 3. The Morgan fingerprint density at radius 3 is 2.45 bits per heavy atom. The van der Waals surface area contributed by atoms with Crippen molar-refractivity contribution in [1.29, 1.82) is 0 Å². The van der Waals surface area contributed by atoms with Gasteiger partial charge in [-0.1, -0.05) is 6.07 Å². The van der Waals surface area contributed by atoms with Gasteiger partial charge < -0.3 is 10.1 Å². The number of rotatable bonds is 3. The number of halogens is 3. The van der Waals surface area contributed by atoms with Gasteiger partial charge >= 0.3 is 17.6 Å². The average Bonchev–Trinajstić information content (AvgIpc) is 2.62. The molecule has 0 bridgehead atoms. The minimum absolute atomic E-state index is 0.333. The molecule has 13 heteroatoms. The summed E-state index contributed by atoms with van der Waals surface area (Å²) in [5.74, 6) is -0.998. The number of H-pyrrole nitrogens is 3. The van der Waals surface area contributed by atoms with Crippen LogP contribution in [0.3, 0.4) is 0 Å². The Hall–Kier alpha value is -4.16. The maximum Gasteiger partial charge on any atom is 0.416 e.